The van der Waals surface area contributed by atoms with E-state index in [0.717, 1.165) is 6.42 Å². The Morgan fingerprint density at radius 3 is 2.11 bits per heavy atom. The molecule has 0 heterocycles. The Labute approximate surface area is 115 Å². The normalized spacial score (nSPS) is 23.0. The van der Waals surface area contributed by atoms with Crippen molar-refractivity contribution in [3.63, 3.8) is 0 Å². The molecule has 0 aliphatic heterocycles. The Bertz CT molecular complexity index is 649. The van der Waals surface area contributed by atoms with Crippen LogP contribution in [0, 0.1) is 0 Å². The van der Waals surface area contributed by atoms with Crippen LogP contribution in [0.5, 0.6) is 0 Å². The van der Waals surface area contributed by atoms with Gasteiger partial charge in [0.15, 0.2) is 0 Å². The van der Waals surface area contributed by atoms with Gasteiger partial charge in [-0.15, -0.1) is 0 Å². The van der Waals surface area contributed by atoms with Crippen molar-refractivity contribution in [1.82, 2.24) is 0 Å². The molecule has 0 amide bonds. The molecule has 1 aliphatic carbocycles. The zero-order chi connectivity index (χ0) is 13.5. The summed E-state index contributed by atoms with van der Waals surface area (Å²) in [6, 6.07) is 17.6. The molecule has 19 heavy (non-hydrogen) atoms. The van der Waals surface area contributed by atoms with E-state index in [4.69, 9.17) is 0 Å². The molecule has 1 aliphatic rings. The van der Waals surface area contributed by atoms with Crippen molar-refractivity contribution >= 4 is 5.57 Å². The maximum Gasteiger partial charge on any atom is 0.0181 e. The summed E-state index contributed by atoms with van der Waals surface area (Å²) in [5, 5.41) is 0. The van der Waals surface area contributed by atoms with E-state index in [-0.39, 0.29) is 5.41 Å². The van der Waals surface area contributed by atoms with E-state index >= 15 is 0 Å². The monoisotopic (exact) mass is 248 g/mol. The van der Waals surface area contributed by atoms with Gasteiger partial charge in [-0.25, -0.2) is 0 Å². The maximum absolute atomic E-state index is 2.37. The van der Waals surface area contributed by atoms with Crippen LogP contribution in [-0.4, -0.2) is 0 Å². The van der Waals surface area contributed by atoms with Crippen LogP contribution >= 0.6 is 0 Å². The largest absolute Gasteiger partial charge is 0.0829 e. The van der Waals surface area contributed by atoms with Crippen molar-refractivity contribution in [2.45, 2.75) is 32.6 Å². The van der Waals surface area contributed by atoms with Gasteiger partial charge < -0.3 is 0 Å². The van der Waals surface area contributed by atoms with Gasteiger partial charge in [0.05, 0.1) is 0 Å². The summed E-state index contributed by atoms with van der Waals surface area (Å²) in [5.41, 5.74) is 7.21. The second-order valence-electron chi connectivity index (χ2n) is 5.48. The highest BCUT2D eigenvalue weighted by Crippen LogP contribution is 2.51. The van der Waals surface area contributed by atoms with Gasteiger partial charge in [0.2, 0.25) is 0 Å². The highest BCUT2D eigenvalue weighted by molar-refractivity contribution is 5.92. The van der Waals surface area contributed by atoms with Crippen molar-refractivity contribution in [2.24, 2.45) is 0 Å². The maximum atomic E-state index is 2.37. The molecule has 0 nitrogen and oxygen atoms in total. The second kappa shape index (κ2) is 4.38. The van der Waals surface area contributed by atoms with E-state index < -0.39 is 0 Å². The highest BCUT2D eigenvalue weighted by atomic mass is 14.4. The van der Waals surface area contributed by atoms with Gasteiger partial charge in [-0.05, 0) is 41.2 Å². The molecule has 3 rings (SSSR count). The van der Waals surface area contributed by atoms with Crippen LogP contribution in [0.2, 0.25) is 0 Å². The summed E-state index contributed by atoms with van der Waals surface area (Å²) in [6.45, 7) is 6.82. The smallest absolute Gasteiger partial charge is 0.0181 e. The van der Waals surface area contributed by atoms with Crippen LogP contribution in [0.3, 0.4) is 0 Å². The summed E-state index contributed by atoms with van der Waals surface area (Å²) in [4.78, 5) is 0. The fourth-order valence-electron chi connectivity index (χ4n) is 3.45. The summed E-state index contributed by atoms with van der Waals surface area (Å²) < 4.78 is 0. The lowest BCUT2D eigenvalue weighted by Gasteiger charge is -2.39. The second-order valence-corrected chi connectivity index (χ2v) is 5.48. The Kier molecular flexibility index (Phi) is 2.82. The van der Waals surface area contributed by atoms with Crippen molar-refractivity contribution in [1.29, 1.82) is 0 Å². The van der Waals surface area contributed by atoms with E-state index in [0.29, 0.717) is 0 Å². The Morgan fingerprint density at radius 1 is 0.895 bits per heavy atom. The first-order valence-corrected chi connectivity index (χ1v) is 7.08. The van der Waals surface area contributed by atoms with Crippen LogP contribution in [0.15, 0.2) is 54.6 Å². The minimum Gasteiger partial charge on any atom is -0.0829 e. The standard InChI is InChI=1S/C19H20/c1-4-17-15-11-7-6-10-14(15)16-12-8-9-13-18(16)19(17,3)5-2/h4,6-13H,5H2,1-3H3/b17-4+. The number of hydrogen-bond donors (Lipinski definition) is 0. The fraction of sp³-hybridized carbons (Fsp3) is 0.263. The molecule has 1 atom stereocenters. The molecule has 1 unspecified atom stereocenters. The molecule has 2 aromatic rings. The molecular weight excluding hydrogens is 228 g/mol. The number of fused-ring (bicyclic) bond motifs is 3. The predicted octanol–water partition coefficient (Wildman–Crippen LogP) is 5.44. The number of hydrogen-bond acceptors (Lipinski definition) is 0. The summed E-state index contributed by atoms with van der Waals surface area (Å²) >= 11 is 0. The van der Waals surface area contributed by atoms with E-state index in [9.17, 15) is 0 Å². The van der Waals surface area contributed by atoms with Crippen LogP contribution in [0.25, 0.3) is 16.7 Å². The molecule has 0 heteroatoms. The first kappa shape index (κ1) is 12.2. The molecule has 96 valence electrons. The third kappa shape index (κ3) is 1.59. The average molecular weight is 248 g/mol. The lowest BCUT2D eigenvalue weighted by molar-refractivity contribution is 0.589. The molecular formula is C19H20. The van der Waals surface area contributed by atoms with Gasteiger partial charge in [-0.3, -0.25) is 0 Å². The van der Waals surface area contributed by atoms with Gasteiger partial charge >= 0.3 is 0 Å². The van der Waals surface area contributed by atoms with E-state index in [1.54, 1.807) is 0 Å². The first-order chi connectivity index (χ1) is 9.22. The van der Waals surface area contributed by atoms with Gasteiger partial charge in [0.1, 0.15) is 0 Å². The van der Waals surface area contributed by atoms with Crippen LogP contribution < -0.4 is 0 Å². The molecule has 0 radical (unpaired) electrons. The van der Waals surface area contributed by atoms with Gasteiger partial charge in [0, 0.05) is 5.41 Å². The third-order valence-corrected chi connectivity index (χ3v) is 4.62. The lowest BCUT2D eigenvalue weighted by Crippen LogP contribution is -2.27. The Balaban J connectivity index is 2.42. The van der Waals surface area contributed by atoms with Crippen LogP contribution in [-0.2, 0) is 5.41 Å². The average Bonchev–Trinajstić information content (AvgIpc) is 2.48. The number of allylic oxidation sites excluding steroid dienone is 2. The predicted molar refractivity (Wildman–Crippen MR) is 83.2 cm³/mol. The van der Waals surface area contributed by atoms with Gasteiger partial charge in [-0.2, -0.15) is 0 Å². The minimum atomic E-state index is 0.125. The Morgan fingerprint density at radius 2 is 1.47 bits per heavy atom. The molecule has 0 aromatic heterocycles. The molecule has 0 saturated heterocycles. The molecule has 0 bridgehead atoms. The zero-order valence-electron chi connectivity index (χ0n) is 11.9. The molecule has 0 spiro atoms. The Hall–Kier alpha value is -1.82. The minimum absolute atomic E-state index is 0.125. The quantitative estimate of drug-likeness (QED) is 0.630. The van der Waals surface area contributed by atoms with Crippen LogP contribution in [0.1, 0.15) is 38.3 Å². The fourth-order valence-corrected chi connectivity index (χ4v) is 3.45. The molecule has 0 fully saturated rings. The van der Waals surface area contributed by atoms with Crippen LogP contribution in [0.4, 0.5) is 0 Å². The first-order valence-electron chi connectivity index (χ1n) is 7.08. The third-order valence-electron chi connectivity index (χ3n) is 4.62. The van der Waals surface area contributed by atoms with Crippen molar-refractivity contribution < 1.29 is 0 Å². The zero-order valence-corrected chi connectivity index (χ0v) is 11.9. The van der Waals surface area contributed by atoms with E-state index in [2.05, 4.69) is 75.4 Å². The summed E-state index contributed by atoms with van der Waals surface area (Å²) in [6.07, 6.45) is 3.41. The SMILES string of the molecule is C/C=C1\c2ccccc2-c2ccccc2C1(C)CC. The summed E-state index contributed by atoms with van der Waals surface area (Å²) in [7, 11) is 0. The topological polar surface area (TPSA) is 0 Å². The summed E-state index contributed by atoms with van der Waals surface area (Å²) in [5.74, 6) is 0. The van der Waals surface area contributed by atoms with Gasteiger partial charge in [-0.1, -0.05) is 68.5 Å². The van der Waals surface area contributed by atoms with Crippen molar-refractivity contribution in [3.8, 4) is 11.1 Å². The molecule has 0 N–H and O–H groups in total. The van der Waals surface area contributed by atoms with E-state index in [1.807, 2.05) is 0 Å². The van der Waals surface area contributed by atoms with Crippen molar-refractivity contribution in [3.05, 3.63) is 65.7 Å². The van der Waals surface area contributed by atoms with E-state index in [1.165, 1.54) is 27.8 Å². The molecule has 0 saturated carbocycles. The lowest BCUT2D eigenvalue weighted by atomic mass is 9.64. The molecule has 2 aromatic carbocycles. The van der Waals surface area contributed by atoms with Crippen molar-refractivity contribution in [2.75, 3.05) is 0 Å². The highest BCUT2D eigenvalue weighted by Gasteiger charge is 2.36. The number of rotatable bonds is 1. The number of benzene rings is 2. The van der Waals surface area contributed by atoms with Gasteiger partial charge in [0.25, 0.3) is 0 Å².